The molecule has 0 radical (unpaired) electrons. The fraction of sp³-hybridized carbons (Fsp3) is 0.333. The van der Waals surface area contributed by atoms with Gasteiger partial charge < -0.3 is 4.42 Å². The van der Waals surface area contributed by atoms with Gasteiger partial charge in [-0.15, -0.1) is 5.10 Å². The van der Waals surface area contributed by atoms with Crippen LogP contribution >= 0.6 is 0 Å². The number of aromatic nitrogens is 2. The first-order valence-corrected chi connectivity index (χ1v) is 11.1. The highest BCUT2D eigenvalue weighted by Gasteiger charge is 2.43. The molecule has 0 bridgehead atoms. The molecule has 1 aromatic heterocycles. The zero-order valence-corrected chi connectivity index (χ0v) is 17.7. The molecular weight excluding hydrogens is 409 g/mol. The molecule has 1 aliphatic rings. The molecule has 0 spiro atoms. The number of H-pyrrole nitrogens is 1. The van der Waals surface area contributed by atoms with Gasteiger partial charge in [-0.25, -0.2) is 22.7 Å². The Kier molecular flexibility index (Phi) is 5.11. The maximum absolute atomic E-state index is 14.9. The number of fused-ring (bicyclic) bond motifs is 1. The fourth-order valence-electron chi connectivity index (χ4n) is 4.20. The second-order valence-corrected chi connectivity index (χ2v) is 9.42. The van der Waals surface area contributed by atoms with Crippen LogP contribution in [-0.2, 0) is 16.4 Å². The lowest BCUT2D eigenvalue weighted by molar-refractivity contribution is 0.236. The zero-order valence-electron chi connectivity index (χ0n) is 16.8. The van der Waals surface area contributed by atoms with E-state index in [-0.39, 0.29) is 17.3 Å². The van der Waals surface area contributed by atoms with Crippen molar-refractivity contribution < 1.29 is 17.2 Å². The highest BCUT2D eigenvalue weighted by atomic mass is 32.2. The van der Waals surface area contributed by atoms with Gasteiger partial charge in [-0.1, -0.05) is 31.2 Å². The van der Waals surface area contributed by atoms with Crippen LogP contribution in [0.2, 0.25) is 0 Å². The summed E-state index contributed by atoms with van der Waals surface area (Å²) in [6.45, 7) is 5.54. The number of hydrogen-bond acceptors (Lipinski definition) is 5. The molecule has 7 nitrogen and oxygen atoms in total. The minimum absolute atomic E-state index is 0.0873. The molecule has 1 aliphatic heterocycles. The Hall–Kier alpha value is -2.78. The topological polar surface area (TPSA) is 96.3 Å². The van der Waals surface area contributed by atoms with Crippen molar-refractivity contribution in [3.8, 4) is 0 Å². The van der Waals surface area contributed by atoms with Gasteiger partial charge in [0.1, 0.15) is 11.9 Å². The summed E-state index contributed by atoms with van der Waals surface area (Å²) in [5.74, 6) is -1.98. The molecule has 2 atom stereocenters. The van der Waals surface area contributed by atoms with E-state index >= 15 is 0 Å². The van der Waals surface area contributed by atoms with Crippen LogP contribution in [0.1, 0.15) is 47.0 Å². The van der Waals surface area contributed by atoms with Crippen LogP contribution in [0.15, 0.2) is 50.5 Å². The van der Waals surface area contributed by atoms with Crippen LogP contribution < -0.4 is 5.76 Å². The Morgan fingerprint density at radius 2 is 1.93 bits per heavy atom. The Labute approximate surface area is 173 Å². The minimum Gasteiger partial charge on any atom is -0.391 e. The number of nitrogens with zero attached hydrogens (tertiary/aromatic N) is 2. The Morgan fingerprint density at radius 3 is 2.63 bits per heavy atom. The Balaban J connectivity index is 1.89. The van der Waals surface area contributed by atoms with Crippen LogP contribution in [0.5, 0.6) is 0 Å². The lowest BCUT2D eigenvalue weighted by Gasteiger charge is -2.36. The number of aromatic amines is 1. The van der Waals surface area contributed by atoms with E-state index in [2.05, 4.69) is 10.2 Å². The third-order valence-corrected chi connectivity index (χ3v) is 7.82. The first-order chi connectivity index (χ1) is 14.2. The molecule has 0 saturated heterocycles. The van der Waals surface area contributed by atoms with Gasteiger partial charge in [0, 0.05) is 12.5 Å². The highest BCUT2D eigenvalue weighted by molar-refractivity contribution is 7.89. The van der Waals surface area contributed by atoms with Crippen molar-refractivity contribution in [3.63, 3.8) is 0 Å². The van der Waals surface area contributed by atoms with Crippen molar-refractivity contribution in [2.75, 3.05) is 6.54 Å². The molecule has 2 heterocycles. The fourth-order valence-corrected chi connectivity index (χ4v) is 6.11. The SMILES string of the molecule is Cc1ccc(F)c([C@@H](C)[C@@H](c2n[nH]c(=O)o2)N2CCc3ccccc3S2(=O)=O)c1C. The predicted molar refractivity (Wildman–Crippen MR) is 108 cm³/mol. The number of aryl methyl sites for hydroxylation is 1. The van der Waals surface area contributed by atoms with E-state index in [4.69, 9.17) is 4.42 Å². The van der Waals surface area contributed by atoms with E-state index in [0.29, 0.717) is 12.0 Å². The predicted octanol–water partition coefficient (Wildman–Crippen LogP) is 3.21. The van der Waals surface area contributed by atoms with Crippen LogP contribution in [0, 0.1) is 19.7 Å². The molecule has 2 aromatic carbocycles. The van der Waals surface area contributed by atoms with Gasteiger partial charge in [0.15, 0.2) is 0 Å². The van der Waals surface area contributed by atoms with E-state index in [1.807, 2.05) is 6.92 Å². The molecule has 158 valence electrons. The summed E-state index contributed by atoms with van der Waals surface area (Å²) in [7, 11) is -3.91. The summed E-state index contributed by atoms with van der Waals surface area (Å²) in [5, 5.41) is 6.10. The van der Waals surface area contributed by atoms with Crippen LogP contribution in [0.3, 0.4) is 0 Å². The molecule has 4 rings (SSSR count). The van der Waals surface area contributed by atoms with E-state index < -0.39 is 33.6 Å². The van der Waals surface area contributed by atoms with E-state index in [1.54, 1.807) is 44.2 Å². The quantitative estimate of drug-likeness (QED) is 0.684. The van der Waals surface area contributed by atoms with E-state index in [0.717, 1.165) is 16.7 Å². The molecule has 0 saturated carbocycles. The first kappa shape index (κ1) is 20.5. The number of benzene rings is 2. The Bertz CT molecular complexity index is 1270. The lowest BCUT2D eigenvalue weighted by atomic mass is 9.87. The van der Waals surface area contributed by atoms with Crippen LogP contribution in [0.25, 0.3) is 0 Å². The van der Waals surface area contributed by atoms with Crippen LogP contribution in [-0.4, -0.2) is 29.5 Å². The molecule has 30 heavy (non-hydrogen) atoms. The van der Waals surface area contributed by atoms with Gasteiger partial charge in [-0.3, -0.25) is 0 Å². The van der Waals surface area contributed by atoms with Crippen molar-refractivity contribution in [2.24, 2.45) is 0 Å². The summed E-state index contributed by atoms with van der Waals surface area (Å²) in [6, 6.07) is 8.85. The van der Waals surface area contributed by atoms with E-state index in [9.17, 15) is 17.6 Å². The average molecular weight is 431 g/mol. The van der Waals surface area contributed by atoms with Crippen molar-refractivity contribution in [3.05, 3.63) is 80.9 Å². The van der Waals surface area contributed by atoms with Crippen molar-refractivity contribution in [1.29, 1.82) is 0 Å². The van der Waals surface area contributed by atoms with Gasteiger partial charge in [0.25, 0.3) is 0 Å². The summed E-state index contributed by atoms with van der Waals surface area (Å²) in [6.07, 6.45) is 0.489. The summed E-state index contributed by atoms with van der Waals surface area (Å²) < 4.78 is 48.3. The normalized spacial score (nSPS) is 18.0. The molecule has 9 heteroatoms. The zero-order chi connectivity index (χ0) is 21.6. The molecule has 1 N–H and O–H groups in total. The number of nitrogens with one attached hydrogen (secondary N) is 1. The molecular formula is C21H22FN3O4S. The third-order valence-electron chi connectivity index (χ3n) is 5.84. The number of rotatable bonds is 4. The van der Waals surface area contributed by atoms with Gasteiger partial charge in [0.2, 0.25) is 15.9 Å². The average Bonchev–Trinajstić information content (AvgIpc) is 3.13. The largest absolute Gasteiger partial charge is 0.434 e. The summed E-state index contributed by atoms with van der Waals surface area (Å²) >= 11 is 0. The third kappa shape index (κ3) is 3.27. The molecule has 0 aliphatic carbocycles. The van der Waals surface area contributed by atoms with Gasteiger partial charge >= 0.3 is 5.76 Å². The lowest BCUT2D eigenvalue weighted by Crippen LogP contribution is -2.42. The van der Waals surface area contributed by atoms with Crippen molar-refractivity contribution in [1.82, 2.24) is 14.5 Å². The van der Waals surface area contributed by atoms with Gasteiger partial charge in [-0.2, -0.15) is 4.31 Å². The molecule has 0 unspecified atom stereocenters. The molecule has 0 fully saturated rings. The van der Waals surface area contributed by atoms with Gasteiger partial charge in [-0.05, 0) is 54.7 Å². The summed E-state index contributed by atoms with van der Waals surface area (Å²) in [4.78, 5) is 11.9. The summed E-state index contributed by atoms with van der Waals surface area (Å²) in [5.41, 5.74) is 2.70. The maximum atomic E-state index is 14.9. The Morgan fingerprint density at radius 1 is 1.20 bits per heavy atom. The second kappa shape index (κ2) is 7.48. The molecule has 3 aromatic rings. The number of halogens is 1. The molecule has 0 amide bonds. The minimum atomic E-state index is -3.91. The van der Waals surface area contributed by atoms with Crippen LogP contribution in [0.4, 0.5) is 4.39 Å². The maximum Gasteiger partial charge on any atom is 0.434 e. The van der Waals surface area contributed by atoms with Gasteiger partial charge in [0.05, 0.1) is 4.90 Å². The van der Waals surface area contributed by atoms with E-state index in [1.165, 1.54) is 10.4 Å². The second-order valence-electron chi connectivity index (χ2n) is 7.56. The monoisotopic (exact) mass is 431 g/mol. The standard InChI is InChI=1S/C21H22FN3O4S/c1-12-8-9-16(22)18(13(12)2)14(3)19(20-23-24-21(26)29-20)25-11-10-15-6-4-5-7-17(15)30(25,27)28/h4-9,14,19H,10-11H2,1-3H3,(H,24,26)/t14-,19+/m1/s1. The van der Waals surface area contributed by atoms with Crippen molar-refractivity contribution in [2.45, 2.75) is 44.0 Å². The first-order valence-electron chi connectivity index (χ1n) is 9.62. The van der Waals surface area contributed by atoms with Crippen molar-refractivity contribution >= 4 is 10.0 Å². The smallest absolute Gasteiger partial charge is 0.391 e. The number of hydrogen-bond donors (Lipinski definition) is 1. The highest BCUT2D eigenvalue weighted by Crippen LogP contribution is 2.42. The number of sulfonamides is 1.